The maximum Gasteiger partial charge on any atom is 0.306 e. The number of hydrogen-bond donors (Lipinski definition) is 0. The third-order valence-corrected chi connectivity index (χ3v) is 8.24. The van der Waals surface area contributed by atoms with Gasteiger partial charge in [-0.25, -0.2) is 0 Å². The lowest BCUT2D eigenvalue weighted by Gasteiger charge is -2.34. The van der Waals surface area contributed by atoms with Crippen LogP contribution in [-0.4, -0.2) is 75.5 Å². The number of carboxylic acid groups (broad SMARTS) is 1. The highest BCUT2D eigenvalue weighted by molar-refractivity contribution is 5.70. The number of carbonyl (C=O) groups excluding carboxylic acids is 3. The molecule has 282 valence electrons. The zero-order chi connectivity index (χ0) is 36.4. The van der Waals surface area contributed by atoms with Gasteiger partial charge < -0.3 is 28.6 Å². The van der Waals surface area contributed by atoms with Gasteiger partial charge in [-0.2, -0.15) is 0 Å². The minimum Gasteiger partial charge on any atom is -0.544 e. The molecule has 0 N–H and O–H groups in total. The van der Waals surface area contributed by atoms with E-state index in [1.165, 1.54) is 44.9 Å². The number of likely N-dealkylation sites (N-methyl/N-ethyl adjacent to an activating group) is 1. The molecular weight excluding hydrogens is 618 g/mol. The summed E-state index contributed by atoms with van der Waals surface area (Å²) in [5.74, 6) is -1.86. The number of quaternary nitrogens is 1. The van der Waals surface area contributed by atoms with Crippen molar-refractivity contribution in [3.05, 3.63) is 48.6 Å². The first-order valence-corrected chi connectivity index (χ1v) is 19.2. The van der Waals surface area contributed by atoms with E-state index in [1.54, 1.807) is 21.1 Å². The standard InChI is InChI=1S/C41H71NO7/c1-6-8-10-12-14-15-16-17-18-19-20-21-22-23-24-26-28-30-32-40(44)49-37(35-47-34-33-38(41(45)46)42(3,4)5)36-48-39(43)31-29-27-25-13-11-9-7-2/h9,11,18-21,25,27,37-38H,6-8,10,12-17,22-24,26,28-36H2,1-5H3/b11-9+,19-18+,21-20+,27-25+. The second-order valence-electron chi connectivity index (χ2n) is 13.8. The molecule has 0 aliphatic heterocycles. The molecule has 8 nitrogen and oxygen atoms in total. The Bertz CT molecular complexity index is 948. The predicted molar refractivity (Wildman–Crippen MR) is 199 cm³/mol. The molecule has 0 heterocycles. The van der Waals surface area contributed by atoms with E-state index in [4.69, 9.17) is 14.2 Å². The number of hydrogen-bond acceptors (Lipinski definition) is 7. The first kappa shape index (κ1) is 46.3. The van der Waals surface area contributed by atoms with E-state index >= 15 is 0 Å². The van der Waals surface area contributed by atoms with E-state index in [2.05, 4.69) is 50.3 Å². The van der Waals surface area contributed by atoms with Gasteiger partial charge in [0.2, 0.25) is 0 Å². The van der Waals surface area contributed by atoms with Gasteiger partial charge in [0, 0.05) is 19.3 Å². The fourth-order valence-corrected chi connectivity index (χ4v) is 5.24. The zero-order valence-electron chi connectivity index (χ0n) is 31.8. The van der Waals surface area contributed by atoms with Gasteiger partial charge in [0.05, 0.1) is 40.3 Å². The SMILES string of the molecule is CC/C=C/C/C=C/CCC(=O)OCC(COCCC(C(=O)[O-])[N+](C)(C)C)OC(=O)CCCCCCC/C=C/C=C/CCCCCCCCC. The van der Waals surface area contributed by atoms with Crippen LogP contribution in [0.1, 0.15) is 142 Å². The number of ether oxygens (including phenoxy) is 3. The van der Waals surface area contributed by atoms with Gasteiger partial charge in [-0.15, -0.1) is 0 Å². The summed E-state index contributed by atoms with van der Waals surface area (Å²) in [7, 11) is 5.36. The third kappa shape index (κ3) is 31.0. The quantitative estimate of drug-likeness (QED) is 0.0224. The lowest BCUT2D eigenvalue weighted by molar-refractivity contribution is -0.889. The van der Waals surface area contributed by atoms with Crippen LogP contribution in [0.3, 0.4) is 0 Å². The minimum atomic E-state index is -1.14. The first-order valence-electron chi connectivity index (χ1n) is 19.2. The summed E-state index contributed by atoms with van der Waals surface area (Å²) in [4.78, 5) is 36.5. The second-order valence-corrected chi connectivity index (χ2v) is 13.8. The Morgan fingerprint density at radius 2 is 1.24 bits per heavy atom. The number of carboxylic acids is 1. The van der Waals surface area contributed by atoms with Gasteiger partial charge >= 0.3 is 11.9 Å². The van der Waals surface area contributed by atoms with Crippen molar-refractivity contribution in [2.75, 3.05) is 41.0 Å². The molecule has 0 aliphatic carbocycles. The molecule has 8 heteroatoms. The van der Waals surface area contributed by atoms with E-state index in [1.807, 2.05) is 12.2 Å². The van der Waals surface area contributed by atoms with Crippen molar-refractivity contribution < 1.29 is 38.2 Å². The van der Waals surface area contributed by atoms with Crippen LogP contribution in [0.2, 0.25) is 0 Å². The topological polar surface area (TPSA) is 102 Å². The maximum atomic E-state index is 12.6. The van der Waals surface area contributed by atoms with Crippen LogP contribution in [-0.2, 0) is 28.6 Å². The molecule has 0 aromatic carbocycles. The molecule has 0 aromatic heterocycles. The van der Waals surface area contributed by atoms with E-state index in [9.17, 15) is 19.5 Å². The van der Waals surface area contributed by atoms with Crippen LogP contribution in [0.25, 0.3) is 0 Å². The summed E-state index contributed by atoms with van der Waals surface area (Å²) in [5.41, 5.74) is 0. The molecule has 0 bridgehead atoms. The second kappa shape index (κ2) is 32.5. The van der Waals surface area contributed by atoms with Crippen LogP contribution in [0.15, 0.2) is 48.6 Å². The van der Waals surface area contributed by atoms with Crippen molar-refractivity contribution in [3.63, 3.8) is 0 Å². The molecule has 0 aliphatic rings. The van der Waals surface area contributed by atoms with Crippen LogP contribution >= 0.6 is 0 Å². The van der Waals surface area contributed by atoms with Gasteiger partial charge in [0.15, 0.2) is 6.10 Å². The number of rotatable bonds is 33. The van der Waals surface area contributed by atoms with Crippen LogP contribution in [0.5, 0.6) is 0 Å². The maximum absolute atomic E-state index is 12.6. The van der Waals surface area contributed by atoms with E-state index < -0.39 is 18.1 Å². The lowest BCUT2D eigenvalue weighted by atomic mass is 10.1. The zero-order valence-corrected chi connectivity index (χ0v) is 31.8. The van der Waals surface area contributed by atoms with Crippen LogP contribution < -0.4 is 5.11 Å². The monoisotopic (exact) mass is 690 g/mol. The predicted octanol–water partition coefficient (Wildman–Crippen LogP) is 8.35. The number of aliphatic carboxylic acids is 1. The first-order chi connectivity index (χ1) is 23.6. The van der Waals surface area contributed by atoms with Crippen molar-refractivity contribution in [1.82, 2.24) is 0 Å². The number of allylic oxidation sites excluding steroid dienone is 8. The molecule has 0 fully saturated rings. The minimum absolute atomic E-state index is 0.0153. The van der Waals surface area contributed by atoms with Gasteiger partial charge in [-0.1, -0.05) is 120 Å². The highest BCUT2D eigenvalue weighted by Crippen LogP contribution is 2.12. The largest absolute Gasteiger partial charge is 0.544 e. The van der Waals surface area contributed by atoms with Gasteiger partial charge in [0.1, 0.15) is 12.6 Å². The molecule has 0 amide bonds. The third-order valence-electron chi connectivity index (χ3n) is 8.24. The van der Waals surface area contributed by atoms with E-state index in [0.29, 0.717) is 12.8 Å². The fourth-order valence-electron chi connectivity index (χ4n) is 5.24. The number of carbonyl (C=O) groups is 3. The van der Waals surface area contributed by atoms with Gasteiger partial charge in [-0.3, -0.25) is 9.59 Å². The summed E-state index contributed by atoms with van der Waals surface area (Å²) >= 11 is 0. The molecule has 0 saturated carbocycles. The van der Waals surface area contributed by atoms with Crippen molar-refractivity contribution >= 4 is 17.9 Å². The number of unbranched alkanes of at least 4 members (excludes halogenated alkanes) is 12. The molecule has 0 saturated heterocycles. The molecule has 0 aromatic rings. The Hall–Kier alpha value is -2.71. The Balaban J connectivity index is 4.40. The van der Waals surface area contributed by atoms with Crippen LogP contribution in [0.4, 0.5) is 0 Å². The van der Waals surface area contributed by atoms with Crippen LogP contribution in [0, 0.1) is 0 Å². The Morgan fingerprint density at radius 1 is 0.653 bits per heavy atom. The van der Waals surface area contributed by atoms with Crippen molar-refractivity contribution in [3.8, 4) is 0 Å². The van der Waals surface area contributed by atoms with E-state index in [-0.39, 0.29) is 49.1 Å². The summed E-state index contributed by atoms with van der Waals surface area (Å²) in [6.07, 6.45) is 36.1. The summed E-state index contributed by atoms with van der Waals surface area (Å²) in [6, 6.07) is -0.734. The average Bonchev–Trinajstić information content (AvgIpc) is 3.05. The number of esters is 2. The highest BCUT2D eigenvalue weighted by Gasteiger charge is 2.25. The average molecular weight is 690 g/mol. The van der Waals surface area contributed by atoms with Crippen molar-refractivity contribution in [2.45, 2.75) is 154 Å². The normalized spacial score (nSPS) is 13.6. The van der Waals surface area contributed by atoms with Gasteiger partial charge in [-0.05, 0) is 51.4 Å². The van der Waals surface area contributed by atoms with Crippen molar-refractivity contribution in [2.24, 2.45) is 0 Å². The molecule has 0 radical (unpaired) electrons. The highest BCUT2D eigenvalue weighted by atomic mass is 16.6. The molecular formula is C41H71NO7. The molecule has 0 spiro atoms. The van der Waals surface area contributed by atoms with Gasteiger partial charge in [0.25, 0.3) is 0 Å². The molecule has 2 unspecified atom stereocenters. The fraction of sp³-hybridized carbons (Fsp3) is 0.732. The summed E-state index contributed by atoms with van der Waals surface area (Å²) in [6.45, 7) is 4.40. The smallest absolute Gasteiger partial charge is 0.306 e. The molecule has 0 rings (SSSR count). The Kier molecular flexibility index (Phi) is 30.7. The van der Waals surface area contributed by atoms with Crippen molar-refractivity contribution in [1.29, 1.82) is 0 Å². The Morgan fingerprint density at radius 3 is 1.84 bits per heavy atom. The summed E-state index contributed by atoms with van der Waals surface area (Å²) < 4.78 is 16.9. The lowest BCUT2D eigenvalue weighted by Crippen LogP contribution is -2.55. The summed E-state index contributed by atoms with van der Waals surface area (Å²) in [5, 5.41) is 11.5. The number of nitrogens with zero attached hydrogens (tertiary/aromatic N) is 1. The Labute approximate surface area is 299 Å². The van der Waals surface area contributed by atoms with E-state index in [0.717, 1.165) is 57.8 Å². The molecule has 2 atom stereocenters. The molecule has 49 heavy (non-hydrogen) atoms.